The maximum absolute atomic E-state index is 2.49. The Bertz CT molecular complexity index is 9230. The second kappa shape index (κ2) is 34.8. The van der Waals surface area contributed by atoms with Crippen LogP contribution in [-0.2, 0) is 5.41 Å². The van der Waals surface area contributed by atoms with Crippen molar-refractivity contribution in [1.29, 1.82) is 0 Å². The highest BCUT2D eigenvalue weighted by molar-refractivity contribution is 6.23. The summed E-state index contributed by atoms with van der Waals surface area (Å²) in [5.41, 5.74) is 40.1. The molecule has 0 bridgehead atoms. The first kappa shape index (κ1) is 83.2. The summed E-state index contributed by atoms with van der Waals surface area (Å²) in [7, 11) is 0. The van der Waals surface area contributed by atoms with Crippen LogP contribution in [0.25, 0.3) is 199 Å². The molecular weight excluding hydrogens is 1710 g/mol. The molecule has 0 radical (unpaired) electrons. The minimum Gasteiger partial charge on any atom is -0.310 e. The van der Waals surface area contributed by atoms with E-state index in [9.17, 15) is 0 Å². The van der Waals surface area contributed by atoms with Crippen LogP contribution in [0.3, 0.4) is 0 Å². The minimum absolute atomic E-state index is 0.150. The van der Waals surface area contributed by atoms with Crippen LogP contribution in [-0.4, -0.2) is 18.3 Å². The van der Waals surface area contributed by atoms with Gasteiger partial charge >= 0.3 is 0 Å². The van der Waals surface area contributed by atoms with Crippen molar-refractivity contribution in [1.82, 2.24) is 18.3 Å². The van der Waals surface area contributed by atoms with Crippen LogP contribution in [0.1, 0.15) is 25.0 Å². The van der Waals surface area contributed by atoms with Crippen molar-refractivity contribution in [2.75, 3.05) is 9.80 Å². The molecule has 0 aliphatic heterocycles. The molecule has 0 fully saturated rings. The highest BCUT2D eigenvalue weighted by Crippen LogP contribution is 2.55. The zero-order valence-corrected chi connectivity index (χ0v) is 78.0. The fraction of sp³-hybridized carbons (Fsp3) is 0.0222. The summed E-state index contributed by atoms with van der Waals surface area (Å²) in [4.78, 5) is 4.85. The van der Waals surface area contributed by atoms with Crippen LogP contribution in [0.2, 0.25) is 0 Å². The van der Waals surface area contributed by atoms with E-state index in [0.717, 1.165) is 68.0 Å². The lowest BCUT2D eigenvalue weighted by atomic mass is 9.82. The first-order chi connectivity index (χ1) is 69.8. The molecule has 0 atom stereocenters. The van der Waals surface area contributed by atoms with Gasteiger partial charge in [0.15, 0.2) is 0 Å². The summed E-state index contributed by atoms with van der Waals surface area (Å²) in [6, 6.07) is 195. The van der Waals surface area contributed by atoms with Crippen molar-refractivity contribution in [3.05, 3.63) is 545 Å². The van der Waals surface area contributed by atoms with Crippen LogP contribution in [0.4, 0.5) is 34.1 Å². The van der Waals surface area contributed by atoms with Gasteiger partial charge < -0.3 is 28.1 Å². The SMILES string of the molecule is CC1(C)c2ccccc2-c2ccc(N(c3ccc(-c4cc5c(-c6ccccc6)c(-c6ccccc6)n(-c6ccccc6)c5c5ccccc45)cc3)c3ccc4c(c3)c3ccccc3n4-c3ccccc3)cc21.c1ccc(-c2ccc(N(c3ccc(-c4cc5c(-c6ccccc6)c(-c6ccccc6)n(-c6ccccc6)c5c5ccccc45)cc3)c3ccc4c(c3)c3ccccc3n4-c3ccccc3)cc2)cc1. The molecule has 0 saturated carbocycles. The molecule has 4 heterocycles. The van der Waals surface area contributed by atoms with E-state index in [1.807, 2.05) is 0 Å². The van der Waals surface area contributed by atoms with Crippen molar-refractivity contribution in [2.45, 2.75) is 19.3 Å². The number of anilines is 6. The van der Waals surface area contributed by atoms with Crippen molar-refractivity contribution >= 4 is 121 Å². The van der Waals surface area contributed by atoms with Gasteiger partial charge in [0, 0.05) is 117 Å². The van der Waals surface area contributed by atoms with Gasteiger partial charge in [-0.1, -0.05) is 390 Å². The van der Waals surface area contributed by atoms with Crippen molar-refractivity contribution < 1.29 is 0 Å². The predicted molar refractivity (Wildman–Crippen MR) is 595 cm³/mol. The van der Waals surface area contributed by atoms with E-state index in [0.29, 0.717) is 0 Å². The van der Waals surface area contributed by atoms with Gasteiger partial charge in [0.2, 0.25) is 0 Å². The number of fused-ring (bicyclic) bond motifs is 15. The monoisotopic (exact) mass is 1800 g/mol. The van der Waals surface area contributed by atoms with Crippen molar-refractivity contribution in [3.63, 3.8) is 0 Å². The number of nitrogens with zero attached hydrogens (tertiary/aromatic N) is 6. The van der Waals surface area contributed by atoms with Crippen LogP contribution in [0, 0.1) is 0 Å². The Kier molecular flexibility index (Phi) is 20.5. The summed E-state index contributed by atoms with van der Waals surface area (Å²) in [5, 5.41) is 12.1. The van der Waals surface area contributed by atoms with Gasteiger partial charge in [0.25, 0.3) is 0 Å². The lowest BCUT2D eigenvalue weighted by molar-refractivity contribution is 0.660. The molecule has 22 aromatic carbocycles. The topological polar surface area (TPSA) is 26.2 Å². The van der Waals surface area contributed by atoms with Gasteiger partial charge in [-0.15, -0.1) is 0 Å². The molecule has 1 aliphatic rings. The van der Waals surface area contributed by atoms with Gasteiger partial charge in [0.05, 0.1) is 44.5 Å². The molecule has 0 saturated heterocycles. The number of rotatable bonds is 17. The van der Waals surface area contributed by atoms with Crippen LogP contribution in [0.15, 0.2) is 534 Å². The standard InChI is InChI=1S/C69H49N3.C66H45N3/c1-69(2)62-33-19-17-30-55(62)56-41-39-53(44-63(56)69)70(52-40-42-65-60(43-52)57-31-18-20-34-64(57)71(65)49-25-11-5-12-26-49)51-37-35-46(36-38-51)59-45-61-66(47-21-7-3-8-22-47)67(48-23-9-4-10-24-48)72(50-27-13-6-14-28-50)68(61)58-32-16-15-29-54(58)59;1-6-20-46(21-7-1)47-34-38-53(39-35-47)67(55-42-43-63-60(44-55)57-31-18-19-33-62(57)68(63)51-26-12-4-13-27-51)54-40-36-48(37-41-54)59-45-61-64(49-22-8-2-9-23-49)65(50-24-10-3-11-25-50)69(52-28-14-5-15-29-52)66(61)58-32-17-16-30-56(58)59/h3-45H,1-2H3;1-45H. The molecule has 141 heavy (non-hydrogen) atoms. The maximum Gasteiger partial charge on any atom is 0.0620 e. The number of hydrogen-bond donors (Lipinski definition) is 0. The van der Waals surface area contributed by atoms with Gasteiger partial charge in [-0.2, -0.15) is 0 Å². The Balaban J connectivity index is 0.000000145. The molecule has 6 heteroatoms. The fourth-order valence-electron chi connectivity index (χ4n) is 22.6. The molecule has 0 N–H and O–H groups in total. The number of aromatic nitrogens is 4. The van der Waals surface area contributed by atoms with E-state index in [4.69, 9.17) is 0 Å². The summed E-state index contributed by atoms with van der Waals surface area (Å²) in [6.45, 7) is 4.73. The van der Waals surface area contributed by atoms with E-state index < -0.39 is 0 Å². The summed E-state index contributed by atoms with van der Waals surface area (Å²) < 4.78 is 9.75. The zero-order valence-electron chi connectivity index (χ0n) is 78.0. The minimum atomic E-state index is -0.150. The zero-order chi connectivity index (χ0) is 93.6. The van der Waals surface area contributed by atoms with Crippen molar-refractivity contribution in [3.8, 4) is 112 Å². The first-order valence-corrected chi connectivity index (χ1v) is 48.7. The number of para-hydroxylation sites is 6. The second-order valence-corrected chi connectivity index (χ2v) is 37.3. The smallest absolute Gasteiger partial charge is 0.0620 e. The third-order valence-corrected chi connectivity index (χ3v) is 29.0. The van der Waals surface area contributed by atoms with Gasteiger partial charge in [-0.05, 0) is 246 Å². The Morgan fingerprint density at radius 2 is 0.440 bits per heavy atom. The Morgan fingerprint density at radius 1 is 0.163 bits per heavy atom. The molecule has 664 valence electrons. The van der Waals surface area contributed by atoms with E-state index in [1.54, 1.807) is 0 Å². The molecule has 27 rings (SSSR count). The third-order valence-electron chi connectivity index (χ3n) is 29.0. The van der Waals surface area contributed by atoms with Crippen LogP contribution in [0.5, 0.6) is 0 Å². The Morgan fingerprint density at radius 3 is 0.844 bits per heavy atom. The predicted octanol–water partition coefficient (Wildman–Crippen LogP) is 36.7. The van der Waals surface area contributed by atoms with E-state index in [1.165, 1.54) is 176 Å². The van der Waals surface area contributed by atoms with Crippen molar-refractivity contribution in [2.24, 2.45) is 0 Å². The molecule has 1 aliphatic carbocycles. The quantitative estimate of drug-likeness (QED) is 0.0908. The average molecular weight is 1800 g/mol. The molecule has 0 unspecified atom stereocenters. The summed E-state index contributed by atoms with van der Waals surface area (Å²) in [5.74, 6) is 0. The summed E-state index contributed by atoms with van der Waals surface area (Å²) in [6.07, 6.45) is 0. The molecule has 0 spiro atoms. The molecule has 26 aromatic rings. The van der Waals surface area contributed by atoms with Gasteiger partial charge in [0.1, 0.15) is 0 Å². The van der Waals surface area contributed by atoms with E-state index in [2.05, 4.69) is 576 Å². The summed E-state index contributed by atoms with van der Waals surface area (Å²) >= 11 is 0. The number of benzene rings is 22. The van der Waals surface area contributed by atoms with Crippen LogP contribution >= 0.6 is 0 Å². The normalized spacial score (nSPS) is 12.1. The third kappa shape index (κ3) is 14.2. The fourth-order valence-corrected chi connectivity index (χ4v) is 22.6. The highest BCUT2D eigenvalue weighted by Gasteiger charge is 2.37. The second-order valence-electron chi connectivity index (χ2n) is 37.3. The largest absolute Gasteiger partial charge is 0.310 e. The Hall–Kier alpha value is -18.4. The van der Waals surface area contributed by atoms with E-state index >= 15 is 0 Å². The van der Waals surface area contributed by atoms with Crippen LogP contribution < -0.4 is 9.80 Å². The van der Waals surface area contributed by atoms with Gasteiger partial charge in [-0.25, -0.2) is 0 Å². The van der Waals surface area contributed by atoms with E-state index in [-0.39, 0.29) is 5.41 Å². The molecule has 4 aromatic heterocycles. The maximum atomic E-state index is 2.49. The number of hydrogen-bond acceptors (Lipinski definition) is 2. The lowest BCUT2D eigenvalue weighted by Gasteiger charge is -2.28. The molecular formula is C135H94N6. The first-order valence-electron chi connectivity index (χ1n) is 48.7. The lowest BCUT2D eigenvalue weighted by Crippen LogP contribution is -2.16. The molecule has 6 nitrogen and oxygen atoms in total. The Labute approximate surface area is 819 Å². The average Bonchev–Trinajstić information content (AvgIpc) is 1.57. The van der Waals surface area contributed by atoms with Gasteiger partial charge in [-0.3, -0.25) is 0 Å². The molecule has 0 amide bonds. The highest BCUT2D eigenvalue weighted by atomic mass is 15.2.